The molecular formula is C21H23ClN2O5. The summed E-state index contributed by atoms with van der Waals surface area (Å²) in [5.41, 5.74) is 7.00. The van der Waals surface area contributed by atoms with E-state index in [1.807, 2.05) is 32.0 Å². The number of carbonyl (C=O) groups excluding carboxylic acids is 2. The number of anilines is 1. The highest BCUT2D eigenvalue weighted by Gasteiger charge is 2.22. The molecule has 0 bridgehead atoms. The van der Waals surface area contributed by atoms with Crippen LogP contribution >= 0.6 is 11.6 Å². The first-order valence-corrected chi connectivity index (χ1v) is 9.64. The Kier molecular flexibility index (Phi) is 6.49. The largest absolute Gasteiger partial charge is 0.486 e. The number of nitrogens with one attached hydrogen (secondary N) is 1. The number of benzene rings is 2. The molecule has 1 aliphatic heterocycles. The number of hydrogen-bond donors (Lipinski definition) is 2. The average molecular weight is 419 g/mol. The predicted octanol–water partition coefficient (Wildman–Crippen LogP) is 3.36. The number of halogens is 1. The number of rotatable bonds is 6. The predicted molar refractivity (Wildman–Crippen MR) is 109 cm³/mol. The van der Waals surface area contributed by atoms with Crippen LogP contribution in [0.5, 0.6) is 11.5 Å². The van der Waals surface area contributed by atoms with E-state index in [9.17, 15) is 9.59 Å². The van der Waals surface area contributed by atoms with Crippen LogP contribution in [0.25, 0.3) is 0 Å². The summed E-state index contributed by atoms with van der Waals surface area (Å²) < 4.78 is 16.3. The Bertz CT molecular complexity index is 916. The molecule has 3 N–H and O–H groups in total. The summed E-state index contributed by atoms with van der Waals surface area (Å²) in [4.78, 5) is 24.6. The Labute approximate surface area is 174 Å². The molecule has 29 heavy (non-hydrogen) atoms. The Morgan fingerprint density at radius 2 is 1.86 bits per heavy atom. The van der Waals surface area contributed by atoms with Crippen molar-refractivity contribution in [2.75, 3.05) is 25.6 Å². The van der Waals surface area contributed by atoms with Crippen molar-refractivity contribution in [3.05, 3.63) is 52.5 Å². The summed E-state index contributed by atoms with van der Waals surface area (Å²) in [6.07, 6.45) is 0. The van der Waals surface area contributed by atoms with Gasteiger partial charge in [-0.25, -0.2) is 4.79 Å². The molecule has 1 aliphatic rings. The molecule has 2 aromatic carbocycles. The van der Waals surface area contributed by atoms with Crippen LogP contribution in [0, 0.1) is 5.92 Å². The fourth-order valence-electron chi connectivity index (χ4n) is 3.02. The molecular weight excluding hydrogens is 396 g/mol. The maximum Gasteiger partial charge on any atom is 0.340 e. The third kappa shape index (κ3) is 5.12. The van der Waals surface area contributed by atoms with Crippen molar-refractivity contribution in [3.63, 3.8) is 0 Å². The molecule has 0 unspecified atom stereocenters. The first-order chi connectivity index (χ1) is 13.8. The van der Waals surface area contributed by atoms with E-state index in [4.69, 9.17) is 31.5 Å². The lowest BCUT2D eigenvalue weighted by Gasteiger charge is -2.25. The zero-order chi connectivity index (χ0) is 21.0. The summed E-state index contributed by atoms with van der Waals surface area (Å²) in [6.45, 7) is 4.54. The van der Waals surface area contributed by atoms with E-state index < -0.39 is 18.5 Å². The number of hydrogen-bond acceptors (Lipinski definition) is 6. The number of esters is 1. The molecule has 1 atom stereocenters. The lowest BCUT2D eigenvalue weighted by atomic mass is 9.95. The SMILES string of the molecule is CC(C)[C@@H](NC(=O)COC(=O)c1cc(Cl)ccc1N)c1ccc2c(c1)OCCO2. The Balaban J connectivity index is 1.64. The van der Waals surface area contributed by atoms with E-state index in [2.05, 4.69) is 5.32 Å². The van der Waals surface area contributed by atoms with Gasteiger partial charge in [0.05, 0.1) is 11.6 Å². The number of ether oxygens (including phenoxy) is 3. The Morgan fingerprint density at radius 3 is 2.59 bits per heavy atom. The van der Waals surface area contributed by atoms with Gasteiger partial charge in [0.1, 0.15) is 13.2 Å². The highest BCUT2D eigenvalue weighted by molar-refractivity contribution is 6.31. The van der Waals surface area contributed by atoms with Crippen LogP contribution in [0.3, 0.4) is 0 Å². The molecule has 2 aromatic rings. The molecule has 0 saturated carbocycles. The van der Waals surface area contributed by atoms with E-state index in [0.29, 0.717) is 29.7 Å². The first kappa shape index (κ1) is 20.8. The number of nitrogens with two attached hydrogens (primary N) is 1. The van der Waals surface area contributed by atoms with E-state index >= 15 is 0 Å². The topological polar surface area (TPSA) is 99.9 Å². The van der Waals surface area contributed by atoms with E-state index in [-0.39, 0.29) is 23.2 Å². The summed E-state index contributed by atoms with van der Waals surface area (Å²) in [5.74, 6) is 0.298. The summed E-state index contributed by atoms with van der Waals surface area (Å²) in [5, 5.41) is 3.26. The summed E-state index contributed by atoms with van der Waals surface area (Å²) in [7, 11) is 0. The quantitative estimate of drug-likeness (QED) is 0.551. The van der Waals surface area contributed by atoms with Crippen LogP contribution in [0.4, 0.5) is 5.69 Å². The third-order valence-electron chi connectivity index (χ3n) is 4.48. The fraction of sp³-hybridized carbons (Fsp3) is 0.333. The average Bonchev–Trinajstić information content (AvgIpc) is 2.71. The summed E-state index contributed by atoms with van der Waals surface area (Å²) >= 11 is 5.88. The lowest BCUT2D eigenvalue weighted by Crippen LogP contribution is -2.35. The molecule has 7 nitrogen and oxygen atoms in total. The third-order valence-corrected chi connectivity index (χ3v) is 4.71. The van der Waals surface area contributed by atoms with Gasteiger partial charge in [0, 0.05) is 10.7 Å². The van der Waals surface area contributed by atoms with Crippen molar-refractivity contribution in [1.29, 1.82) is 0 Å². The minimum absolute atomic E-state index is 0.0979. The van der Waals surface area contributed by atoms with E-state index in [0.717, 1.165) is 5.56 Å². The van der Waals surface area contributed by atoms with Gasteiger partial charge >= 0.3 is 5.97 Å². The zero-order valence-corrected chi connectivity index (χ0v) is 17.0. The second-order valence-corrected chi connectivity index (χ2v) is 7.44. The Morgan fingerprint density at radius 1 is 1.14 bits per heavy atom. The van der Waals surface area contributed by atoms with Gasteiger partial charge < -0.3 is 25.3 Å². The highest BCUT2D eigenvalue weighted by atomic mass is 35.5. The van der Waals surface area contributed by atoms with Crippen molar-refractivity contribution in [2.24, 2.45) is 5.92 Å². The maximum absolute atomic E-state index is 12.4. The van der Waals surface area contributed by atoms with Gasteiger partial charge in [0.2, 0.25) is 0 Å². The van der Waals surface area contributed by atoms with Gasteiger partial charge in [0.15, 0.2) is 18.1 Å². The van der Waals surface area contributed by atoms with Crippen LogP contribution in [0.15, 0.2) is 36.4 Å². The molecule has 0 fully saturated rings. The second-order valence-electron chi connectivity index (χ2n) is 7.00. The molecule has 1 amide bonds. The number of fused-ring (bicyclic) bond motifs is 1. The van der Waals surface area contributed by atoms with Gasteiger partial charge in [-0.2, -0.15) is 0 Å². The van der Waals surface area contributed by atoms with Crippen molar-refractivity contribution < 1.29 is 23.8 Å². The molecule has 0 spiro atoms. The standard InChI is InChI=1S/C21H23ClN2O5/c1-12(2)20(13-3-6-17-18(9-13)28-8-7-27-17)24-19(25)11-29-21(26)15-10-14(22)4-5-16(15)23/h3-6,9-10,12,20H,7-8,11,23H2,1-2H3,(H,24,25)/t20-/m1/s1. The molecule has 0 aromatic heterocycles. The van der Waals surface area contributed by atoms with Crippen LogP contribution in [0.2, 0.25) is 5.02 Å². The van der Waals surface area contributed by atoms with Crippen molar-refractivity contribution in [2.45, 2.75) is 19.9 Å². The Hall–Kier alpha value is -2.93. The maximum atomic E-state index is 12.4. The van der Waals surface area contributed by atoms with Crippen LogP contribution in [-0.2, 0) is 9.53 Å². The normalized spacial score (nSPS) is 13.7. The fourth-order valence-corrected chi connectivity index (χ4v) is 3.19. The molecule has 8 heteroatoms. The highest BCUT2D eigenvalue weighted by Crippen LogP contribution is 2.34. The number of nitrogen functional groups attached to an aromatic ring is 1. The number of carbonyl (C=O) groups is 2. The lowest BCUT2D eigenvalue weighted by molar-refractivity contribution is -0.125. The van der Waals surface area contributed by atoms with Crippen molar-refractivity contribution >= 4 is 29.2 Å². The molecule has 0 aliphatic carbocycles. The minimum atomic E-state index is -0.708. The number of amides is 1. The second kappa shape index (κ2) is 9.05. The van der Waals surface area contributed by atoms with Gasteiger partial charge in [-0.15, -0.1) is 0 Å². The zero-order valence-electron chi connectivity index (χ0n) is 16.2. The molecule has 0 saturated heterocycles. The van der Waals surface area contributed by atoms with Gasteiger partial charge in [-0.05, 0) is 41.8 Å². The van der Waals surface area contributed by atoms with Crippen LogP contribution < -0.4 is 20.5 Å². The molecule has 0 radical (unpaired) electrons. The molecule has 1 heterocycles. The van der Waals surface area contributed by atoms with E-state index in [1.165, 1.54) is 12.1 Å². The molecule has 3 rings (SSSR count). The molecule has 154 valence electrons. The first-order valence-electron chi connectivity index (χ1n) is 9.26. The van der Waals surface area contributed by atoms with Gasteiger partial charge in [0.25, 0.3) is 5.91 Å². The summed E-state index contributed by atoms with van der Waals surface area (Å²) in [6, 6.07) is 9.77. The minimum Gasteiger partial charge on any atom is -0.486 e. The smallest absolute Gasteiger partial charge is 0.340 e. The van der Waals surface area contributed by atoms with Crippen LogP contribution in [-0.4, -0.2) is 31.7 Å². The van der Waals surface area contributed by atoms with E-state index in [1.54, 1.807) is 6.07 Å². The monoisotopic (exact) mass is 418 g/mol. The van der Waals surface area contributed by atoms with Gasteiger partial charge in [-0.1, -0.05) is 31.5 Å². The van der Waals surface area contributed by atoms with Crippen molar-refractivity contribution in [3.8, 4) is 11.5 Å². The van der Waals surface area contributed by atoms with Crippen LogP contribution in [0.1, 0.15) is 35.8 Å². The van der Waals surface area contributed by atoms with Gasteiger partial charge in [-0.3, -0.25) is 4.79 Å². The van der Waals surface area contributed by atoms with Crippen molar-refractivity contribution in [1.82, 2.24) is 5.32 Å².